The maximum Gasteiger partial charge on any atom is 0.130 e. The summed E-state index contributed by atoms with van der Waals surface area (Å²) in [6.07, 6.45) is 1.38. The van der Waals surface area contributed by atoms with Crippen molar-refractivity contribution in [1.82, 2.24) is 9.80 Å². The number of ketones is 1. The van der Waals surface area contributed by atoms with Gasteiger partial charge < -0.3 is 26.7 Å². The number of ether oxygens (including phenoxy) is 2. The zero-order valence-electron chi connectivity index (χ0n) is 18.5. The van der Waals surface area contributed by atoms with Crippen LogP contribution in [-0.2, 0) is 22.5 Å². The highest BCUT2D eigenvalue weighted by atomic mass is 35.5. The average molecular weight is 446 g/mol. The van der Waals surface area contributed by atoms with E-state index in [9.17, 15) is 4.79 Å². The van der Waals surface area contributed by atoms with Crippen molar-refractivity contribution in [3.8, 4) is 5.75 Å². The fourth-order valence-corrected chi connectivity index (χ4v) is 3.60. The van der Waals surface area contributed by atoms with Gasteiger partial charge in [-0.3, -0.25) is 9.80 Å². The van der Waals surface area contributed by atoms with Crippen molar-refractivity contribution in [2.24, 2.45) is 0 Å². The second-order valence-electron chi connectivity index (χ2n) is 7.91. The first-order chi connectivity index (χ1) is 14.7. The molecule has 0 atom stereocenters. The number of rotatable bonds is 12. The molecule has 0 unspecified atom stereocenters. The van der Waals surface area contributed by atoms with Crippen LogP contribution in [0, 0.1) is 0 Å². The van der Waals surface area contributed by atoms with Crippen molar-refractivity contribution in [1.29, 1.82) is 0 Å². The molecule has 6 heteroatoms. The van der Waals surface area contributed by atoms with E-state index in [2.05, 4.69) is 40.1 Å². The van der Waals surface area contributed by atoms with Gasteiger partial charge in [0.25, 0.3) is 0 Å². The normalized spacial score (nSPS) is 14.7. The summed E-state index contributed by atoms with van der Waals surface area (Å²) in [5.74, 6) is 1.07. The van der Waals surface area contributed by atoms with Crippen LogP contribution >= 0.6 is 0 Å². The number of benzene rings is 2. The number of carbonyl (C=O) groups is 1. The highest BCUT2D eigenvalue weighted by Crippen LogP contribution is 2.13. The van der Waals surface area contributed by atoms with Crippen molar-refractivity contribution in [2.45, 2.75) is 26.3 Å². The smallest absolute Gasteiger partial charge is 0.130 e. The molecule has 1 saturated heterocycles. The summed E-state index contributed by atoms with van der Waals surface area (Å²) in [5, 5.41) is 0. The fourth-order valence-electron chi connectivity index (χ4n) is 3.60. The van der Waals surface area contributed by atoms with Crippen LogP contribution in [0.25, 0.3) is 0 Å². The lowest BCUT2D eigenvalue weighted by molar-refractivity contribution is -0.116. The summed E-state index contributed by atoms with van der Waals surface area (Å²) in [7, 11) is 0. The number of aryl methyl sites for hydroxylation is 1. The number of piperazine rings is 1. The molecule has 2 aromatic carbocycles. The first kappa shape index (κ1) is 25.3. The van der Waals surface area contributed by atoms with Gasteiger partial charge in [0.15, 0.2) is 0 Å². The van der Waals surface area contributed by atoms with Gasteiger partial charge in [0.05, 0.1) is 13.2 Å². The van der Waals surface area contributed by atoms with Gasteiger partial charge in [-0.2, -0.15) is 0 Å². The SMILES string of the molecule is CC(=O)CCc1ccc(OCCOCCN2CCN(Cc3ccccc3)CC2)cc1.[Cl-]. The highest BCUT2D eigenvalue weighted by molar-refractivity contribution is 5.75. The molecule has 1 aliphatic rings. The molecule has 0 N–H and O–H groups in total. The maximum absolute atomic E-state index is 11.1. The number of nitrogens with zero attached hydrogens (tertiary/aromatic N) is 2. The highest BCUT2D eigenvalue weighted by Gasteiger charge is 2.16. The topological polar surface area (TPSA) is 42.0 Å². The quantitative estimate of drug-likeness (QED) is 0.443. The van der Waals surface area contributed by atoms with E-state index in [1.54, 1.807) is 6.92 Å². The lowest BCUT2D eigenvalue weighted by Gasteiger charge is -2.34. The minimum atomic E-state index is 0. The first-order valence-corrected chi connectivity index (χ1v) is 11.0. The van der Waals surface area contributed by atoms with Crippen molar-refractivity contribution in [2.75, 3.05) is 52.5 Å². The van der Waals surface area contributed by atoms with Gasteiger partial charge in [-0.1, -0.05) is 42.5 Å². The summed E-state index contributed by atoms with van der Waals surface area (Å²) in [6.45, 7) is 9.96. The van der Waals surface area contributed by atoms with Crippen LogP contribution in [0.15, 0.2) is 54.6 Å². The van der Waals surface area contributed by atoms with Gasteiger partial charge in [-0.25, -0.2) is 0 Å². The molecule has 1 aliphatic heterocycles. The van der Waals surface area contributed by atoms with E-state index in [0.29, 0.717) is 19.6 Å². The Morgan fingerprint density at radius 3 is 2.19 bits per heavy atom. The second-order valence-corrected chi connectivity index (χ2v) is 7.91. The maximum atomic E-state index is 11.1. The average Bonchev–Trinajstić information content (AvgIpc) is 2.77. The number of carbonyl (C=O) groups excluding carboxylic acids is 1. The summed E-state index contributed by atoms with van der Waals surface area (Å²) in [6, 6.07) is 18.7. The first-order valence-electron chi connectivity index (χ1n) is 11.0. The van der Waals surface area contributed by atoms with E-state index < -0.39 is 0 Å². The van der Waals surface area contributed by atoms with E-state index >= 15 is 0 Å². The molecule has 1 fully saturated rings. The van der Waals surface area contributed by atoms with Gasteiger partial charge >= 0.3 is 0 Å². The van der Waals surface area contributed by atoms with Crippen LogP contribution in [0.5, 0.6) is 5.75 Å². The Labute approximate surface area is 192 Å². The molecule has 0 saturated carbocycles. The third kappa shape index (κ3) is 9.83. The summed E-state index contributed by atoms with van der Waals surface area (Å²) < 4.78 is 11.5. The minimum absolute atomic E-state index is 0. The predicted octanol–water partition coefficient (Wildman–Crippen LogP) is 0.425. The van der Waals surface area contributed by atoms with Gasteiger partial charge in [-0.15, -0.1) is 0 Å². The summed E-state index contributed by atoms with van der Waals surface area (Å²) >= 11 is 0. The van der Waals surface area contributed by atoms with Crippen LogP contribution in [0.4, 0.5) is 0 Å². The molecule has 5 nitrogen and oxygen atoms in total. The Morgan fingerprint density at radius 1 is 0.839 bits per heavy atom. The Bertz CT molecular complexity index is 747. The van der Waals surface area contributed by atoms with Crippen molar-refractivity contribution in [3.05, 3.63) is 65.7 Å². The number of Topliss-reactive ketones (excluding diaryl/α,β-unsaturated/α-hetero) is 1. The standard InChI is InChI=1S/C25H34N2O3.ClH/c1-22(28)7-8-23-9-11-25(12-10-23)30-20-19-29-18-17-26-13-15-27(16-14-26)21-24-5-3-2-4-6-24;/h2-6,9-12H,7-8,13-21H2,1H3;1H/p-1. The Balaban J connectivity index is 0.00000341. The predicted molar refractivity (Wildman–Crippen MR) is 120 cm³/mol. The third-order valence-corrected chi connectivity index (χ3v) is 5.45. The largest absolute Gasteiger partial charge is 1.00 e. The number of hydrogen-bond acceptors (Lipinski definition) is 5. The zero-order valence-corrected chi connectivity index (χ0v) is 19.2. The molecule has 0 radical (unpaired) electrons. The van der Waals surface area contributed by atoms with E-state index in [1.165, 1.54) is 5.56 Å². The van der Waals surface area contributed by atoms with E-state index in [0.717, 1.165) is 63.6 Å². The molecule has 2 aromatic rings. The van der Waals surface area contributed by atoms with Gasteiger partial charge in [0, 0.05) is 45.7 Å². The van der Waals surface area contributed by atoms with E-state index in [1.807, 2.05) is 24.3 Å². The zero-order chi connectivity index (χ0) is 21.0. The van der Waals surface area contributed by atoms with Crippen LogP contribution < -0.4 is 17.1 Å². The molecular weight excluding hydrogens is 412 g/mol. The van der Waals surface area contributed by atoms with Gasteiger partial charge in [0.2, 0.25) is 0 Å². The number of hydrogen-bond donors (Lipinski definition) is 0. The van der Waals surface area contributed by atoms with Gasteiger partial charge in [0.1, 0.15) is 18.1 Å². The number of halogens is 1. The van der Waals surface area contributed by atoms with E-state index in [4.69, 9.17) is 9.47 Å². The molecule has 0 aliphatic carbocycles. The van der Waals surface area contributed by atoms with Crippen molar-refractivity contribution >= 4 is 5.78 Å². The molecule has 0 bridgehead atoms. The molecular formula is C25H34ClN2O3-. The molecule has 0 aromatic heterocycles. The fraction of sp³-hybridized carbons (Fsp3) is 0.480. The third-order valence-electron chi connectivity index (χ3n) is 5.45. The van der Waals surface area contributed by atoms with Crippen LogP contribution in [0.3, 0.4) is 0 Å². The minimum Gasteiger partial charge on any atom is -1.00 e. The van der Waals surface area contributed by atoms with Crippen molar-refractivity contribution < 1.29 is 26.7 Å². The Hall–Kier alpha value is -1.92. The molecule has 1 heterocycles. The van der Waals surface area contributed by atoms with Crippen LogP contribution in [-0.4, -0.2) is 68.1 Å². The van der Waals surface area contributed by atoms with Gasteiger partial charge in [-0.05, 0) is 36.6 Å². The molecule has 0 spiro atoms. The van der Waals surface area contributed by atoms with Crippen LogP contribution in [0.1, 0.15) is 24.5 Å². The second kappa shape index (κ2) is 14.2. The molecule has 0 amide bonds. The van der Waals surface area contributed by atoms with Crippen LogP contribution in [0.2, 0.25) is 0 Å². The van der Waals surface area contributed by atoms with Crippen molar-refractivity contribution in [3.63, 3.8) is 0 Å². The Morgan fingerprint density at radius 2 is 1.52 bits per heavy atom. The summed E-state index contributed by atoms with van der Waals surface area (Å²) in [5.41, 5.74) is 2.55. The lowest BCUT2D eigenvalue weighted by Crippen LogP contribution is -3.00. The molecule has 31 heavy (non-hydrogen) atoms. The monoisotopic (exact) mass is 445 g/mol. The summed E-state index contributed by atoms with van der Waals surface area (Å²) in [4.78, 5) is 16.0. The molecule has 170 valence electrons. The molecule has 3 rings (SSSR count). The van der Waals surface area contributed by atoms with E-state index in [-0.39, 0.29) is 18.2 Å². The lowest BCUT2D eigenvalue weighted by atomic mass is 10.1. The Kier molecular flexibility index (Phi) is 11.6.